The van der Waals surface area contributed by atoms with Crippen molar-refractivity contribution in [2.24, 2.45) is 5.92 Å². The van der Waals surface area contributed by atoms with Crippen LogP contribution < -0.4 is 9.62 Å². The summed E-state index contributed by atoms with van der Waals surface area (Å²) in [6, 6.07) is 1.89. The van der Waals surface area contributed by atoms with Crippen molar-refractivity contribution in [2.45, 2.75) is 106 Å². The molecular weight excluding hydrogens is 1260 g/mol. The number of nitrogens with one attached hydrogen (secondary N) is 1. The van der Waals surface area contributed by atoms with Crippen LogP contribution in [0.2, 0.25) is 5.02 Å². The molecule has 1 saturated carbocycles. The van der Waals surface area contributed by atoms with E-state index in [4.69, 9.17) is 26.4 Å². The largest absolute Gasteiger partial charge is 0.480 e. The number of ether oxygens (including phenoxy) is 1. The van der Waals surface area contributed by atoms with Crippen LogP contribution in [0.25, 0.3) is 22.0 Å². The molecule has 23 nitrogen and oxygen atoms in total. The van der Waals surface area contributed by atoms with Crippen LogP contribution in [0.15, 0.2) is 42.5 Å². The molecule has 1 aliphatic heterocycles. The van der Waals surface area contributed by atoms with Crippen LogP contribution in [-0.2, 0) is 81.3 Å². The highest BCUT2D eigenvalue weighted by Crippen LogP contribution is 2.68. The van der Waals surface area contributed by atoms with Gasteiger partial charge in [-0.05, 0) is 88.1 Å². The van der Waals surface area contributed by atoms with Crippen LogP contribution in [0.4, 0.5) is 59.3 Å². The molecule has 4 N–H and O–H groups in total. The predicted molar refractivity (Wildman–Crippen MR) is 280 cm³/mol. The zero-order chi connectivity index (χ0) is 63.8. The Kier molecular flexibility index (Phi) is 17.8. The third-order valence-electron chi connectivity index (χ3n) is 14.7. The summed E-state index contributed by atoms with van der Waals surface area (Å²) in [5.74, 6) is -13.1. The van der Waals surface area contributed by atoms with Gasteiger partial charge in [0.2, 0.25) is 22.7 Å². The number of rotatable bonds is 21. The van der Waals surface area contributed by atoms with Gasteiger partial charge < -0.3 is 29.8 Å². The number of hydrogen-bond acceptors (Lipinski definition) is 14. The molecule has 470 valence electrons. The number of aromatic nitrogens is 5. The van der Waals surface area contributed by atoms with Crippen LogP contribution in [-0.4, -0.2) is 146 Å². The Labute approximate surface area is 486 Å². The quantitative estimate of drug-likeness (QED) is 0.0309. The molecular formula is C49H51ClF10N9O14PS2. The first-order valence-corrected chi connectivity index (χ1v) is 31.1. The third-order valence-corrected chi connectivity index (χ3v) is 18.6. The van der Waals surface area contributed by atoms with Crippen LogP contribution in [0.5, 0.6) is 0 Å². The minimum Gasteiger partial charge on any atom is -0.480 e. The van der Waals surface area contributed by atoms with E-state index in [9.17, 15) is 80.8 Å². The second kappa shape index (κ2) is 23.5. The normalized spacial score (nSPS) is 18.2. The molecule has 0 bridgehead atoms. The summed E-state index contributed by atoms with van der Waals surface area (Å²) < 4.78 is 222. The number of nitrogens with zero attached hydrogens (tertiary/aromatic N) is 8. The SMILES string of the molecule is CC(C)(CCc1ccc(-c2ccc(Cl)c3c(N(C(=O)N4CCC[C@H]4CN(CC(=O)O)C(=O)OCOP(=O)(O)O)S(C)(=O)=O)nn(CC(F)(F)F)c23)c([C@H](Cc2cc(F)cc(F)c2)NC(=O)Cn2nc(C(F)(F)F)c3c2C(F)(F)C2C[C@H]32)n1)S(C)(=O)=O. The number of sulfonamides is 1. The third kappa shape index (κ3) is 14.2. The summed E-state index contributed by atoms with van der Waals surface area (Å²) in [7, 11) is -14.1. The number of carbonyl (C=O) groups is 4. The van der Waals surface area contributed by atoms with E-state index in [1.165, 1.54) is 26.0 Å². The Balaban J connectivity index is 1.29. The zero-order valence-electron chi connectivity index (χ0n) is 45.2. The molecule has 2 aromatic carbocycles. The summed E-state index contributed by atoms with van der Waals surface area (Å²) in [6.07, 6.45) is -12.2. The number of urea groups is 1. The van der Waals surface area contributed by atoms with E-state index in [1.54, 1.807) is 0 Å². The summed E-state index contributed by atoms with van der Waals surface area (Å²) in [4.78, 5) is 77.9. The van der Waals surface area contributed by atoms with Gasteiger partial charge in [-0.25, -0.2) is 44.3 Å². The highest BCUT2D eigenvalue weighted by Gasteiger charge is 2.68. The first-order chi connectivity index (χ1) is 39.6. The maximum Gasteiger partial charge on any atom is 0.472 e. The van der Waals surface area contributed by atoms with Gasteiger partial charge in [-0.2, -0.15) is 49.6 Å². The van der Waals surface area contributed by atoms with E-state index >= 15 is 8.78 Å². The molecule has 2 aliphatic carbocycles. The number of carboxylic acids is 1. The number of amides is 4. The van der Waals surface area contributed by atoms with Crippen molar-refractivity contribution < 1.29 is 109 Å². The number of pyridine rings is 1. The lowest BCUT2D eigenvalue weighted by Gasteiger charge is -2.32. The molecule has 0 radical (unpaired) electrons. The van der Waals surface area contributed by atoms with Gasteiger partial charge in [0.25, 0.3) is 5.92 Å². The van der Waals surface area contributed by atoms with Gasteiger partial charge in [0.15, 0.2) is 21.3 Å². The molecule has 1 saturated heterocycles. The molecule has 0 spiro atoms. The zero-order valence-corrected chi connectivity index (χ0v) is 48.5. The van der Waals surface area contributed by atoms with Crippen molar-refractivity contribution in [3.05, 3.63) is 93.0 Å². The molecule has 37 heteroatoms. The van der Waals surface area contributed by atoms with Gasteiger partial charge in [0, 0.05) is 53.7 Å². The van der Waals surface area contributed by atoms with Gasteiger partial charge in [-0.1, -0.05) is 23.7 Å². The van der Waals surface area contributed by atoms with Gasteiger partial charge in [0.05, 0.1) is 44.7 Å². The number of aryl methyl sites for hydroxylation is 1. The Morgan fingerprint density at radius 3 is 2.20 bits per heavy atom. The number of likely N-dealkylation sites (tertiary alicyclic amines) is 1. The standard InChI is InChI=1S/C49H51ClF10N9O14PS2/c1-46(2,85(3,78)79)12-11-27-7-8-29(39(61-27)34(16-24-14-25(51)17-26(52)15-24)62-35(70)20-67-42-37(41(63-67)49(58,59)60)31-18-32(31)48(42,56)57)30-9-10-33(50)38-40(30)68(22-47(53,54)55)64-43(38)69(86(4,80)81)44(73)66-13-5-6-28(66)19-65(21-36(71)72)45(74)82-23-83-84(75,76)77/h7-10,14-15,17,28,31-32,34H,5-6,11-13,16,18-23H2,1-4H3,(H,62,70)(H,71,72)(H2,75,76,77)/t28-,31-,32?,34-/m0/s1. The van der Waals surface area contributed by atoms with Crippen LogP contribution in [0.3, 0.4) is 0 Å². The number of fused-ring (bicyclic) bond motifs is 4. The highest BCUT2D eigenvalue weighted by molar-refractivity contribution is 7.93. The number of benzene rings is 2. The summed E-state index contributed by atoms with van der Waals surface area (Å²) >= 11 is 6.77. The van der Waals surface area contributed by atoms with E-state index in [0.29, 0.717) is 17.2 Å². The van der Waals surface area contributed by atoms with Crippen molar-refractivity contribution in [1.82, 2.24) is 39.7 Å². The first kappa shape index (κ1) is 65.3. The first-order valence-electron chi connectivity index (χ1n) is 25.5. The van der Waals surface area contributed by atoms with E-state index in [2.05, 4.69) is 24.8 Å². The number of phosphoric acid groups is 1. The molecule has 1 unspecified atom stereocenters. The molecule has 86 heavy (non-hydrogen) atoms. The number of halogens is 11. The molecule has 2 fully saturated rings. The fourth-order valence-electron chi connectivity index (χ4n) is 10.5. The maximum absolute atomic E-state index is 15.7. The minimum atomic E-state index is -5.26. The molecule has 4 amide bonds. The van der Waals surface area contributed by atoms with Crippen molar-refractivity contribution in [1.29, 1.82) is 0 Å². The van der Waals surface area contributed by atoms with E-state index in [0.717, 1.165) is 35.4 Å². The smallest absolute Gasteiger partial charge is 0.472 e. The van der Waals surface area contributed by atoms with Crippen molar-refractivity contribution in [3.8, 4) is 11.1 Å². The number of anilines is 1. The fourth-order valence-corrected chi connectivity index (χ4v) is 12.2. The lowest BCUT2D eigenvalue weighted by molar-refractivity contribution is -0.143. The maximum atomic E-state index is 15.7. The molecule has 3 aliphatic rings. The Morgan fingerprint density at radius 1 is 0.953 bits per heavy atom. The molecule has 5 aromatic rings. The van der Waals surface area contributed by atoms with Crippen molar-refractivity contribution >= 4 is 80.0 Å². The van der Waals surface area contributed by atoms with Gasteiger partial charge in [-0.15, -0.1) is 0 Å². The summed E-state index contributed by atoms with van der Waals surface area (Å²) in [5.41, 5.74) is -5.90. The van der Waals surface area contributed by atoms with E-state index < -0.39 is 200 Å². The average Bonchev–Trinajstić information content (AvgIpc) is 1.52. The number of carbonyl (C=O) groups excluding carboxylic acids is 3. The van der Waals surface area contributed by atoms with Gasteiger partial charge >= 0.3 is 38.3 Å². The molecule has 4 atom stereocenters. The topological polar surface area (TPSA) is 303 Å². The summed E-state index contributed by atoms with van der Waals surface area (Å²) in [5, 5.41) is 18.1. The molecule has 8 rings (SSSR count). The van der Waals surface area contributed by atoms with E-state index in [1.807, 2.05) is 0 Å². The van der Waals surface area contributed by atoms with Crippen LogP contribution >= 0.6 is 19.4 Å². The number of alkyl halides is 8. The molecule has 3 aromatic heterocycles. The second-order valence-corrected chi connectivity index (χ2v) is 27.5. The number of hydrogen-bond donors (Lipinski definition) is 4. The lowest BCUT2D eigenvalue weighted by atomic mass is 9.93. The molecule has 4 heterocycles. The van der Waals surface area contributed by atoms with Crippen LogP contribution in [0, 0.1) is 17.6 Å². The lowest BCUT2D eigenvalue weighted by Crippen LogP contribution is -2.52. The van der Waals surface area contributed by atoms with Gasteiger partial charge in [0.1, 0.15) is 37.0 Å². The number of aliphatic carboxylic acids is 1. The Bertz CT molecular complexity index is 3810. The predicted octanol–water partition coefficient (Wildman–Crippen LogP) is 7.81. The van der Waals surface area contributed by atoms with Gasteiger partial charge in [-0.3, -0.25) is 28.8 Å². The monoisotopic (exact) mass is 1310 g/mol. The number of phosphoric ester groups is 1. The van der Waals surface area contributed by atoms with Crippen molar-refractivity contribution in [3.63, 3.8) is 0 Å². The Hall–Kier alpha value is -6.65. The number of sulfone groups is 1. The highest BCUT2D eigenvalue weighted by atomic mass is 35.5. The average molecular weight is 1310 g/mol. The van der Waals surface area contributed by atoms with E-state index in [-0.39, 0.29) is 69.1 Å². The van der Waals surface area contributed by atoms with Crippen LogP contribution in [0.1, 0.15) is 85.4 Å². The van der Waals surface area contributed by atoms with Crippen molar-refractivity contribution in [2.75, 3.05) is 43.2 Å². The minimum absolute atomic E-state index is 0.0166. The second-order valence-electron chi connectivity index (χ2n) is 21.3. The Morgan fingerprint density at radius 2 is 1.60 bits per heavy atom. The summed E-state index contributed by atoms with van der Waals surface area (Å²) in [6.45, 7) is -4.35. The number of carboxylic acid groups (broad SMARTS) is 1. The fraction of sp³-hybridized carbons (Fsp3) is 0.490.